The summed E-state index contributed by atoms with van der Waals surface area (Å²) in [5, 5.41) is 2.73. The first kappa shape index (κ1) is 17.0. The number of urea groups is 1. The van der Waals surface area contributed by atoms with Crippen molar-refractivity contribution in [3.8, 4) is 0 Å². The van der Waals surface area contributed by atoms with Crippen LogP contribution in [-0.2, 0) is 6.42 Å². The molecule has 1 saturated heterocycles. The normalized spacial score (nSPS) is 14.4. The fourth-order valence-corrected chi connectivity index (χ4v) is 2.70. The maximum atomic E-state index is 12.5. The third-order valence-electron chi connectivity index (χ3n) is 3.98. The molecule has 25 heavy (non-hydrogen) atoms. The number of carbonyl (C=O) groups is 2. The Morgan fingerprint density at radius 3 is 2.76 bits per heavy atom. The van der Waals surface area contributed by atoms with Crippen LogP contribution in [0, 0.1) is 0 Å². The summed E-state index contributed by atoms with van der Waals surface area (Å²) < 4.78 is 5.47. The molecule has 3 rings (SSSR count). The first-order valence-corrected chi connectivity index (χ1v) is 8.41. The molecule has 7 nitrogen and oxygen atoms in total. The van der Waals surface area contributed by atoms with Gasteiger partial charge >= 0.3 is 12.0 Å². The Morgan fingerprint density at radius 1 is 1.28 bits per heavy atom. The van der Waals surface area contributed by atoms with E-state index >= 15 is 0 Å². The molecule has 1 aromatic heterocycles. The number of nitrogens with one attached hydrogen (secondary N) is 1. The average molecular weight is 342 g/mol. The molecule has 2 aromatic rings. The summed E-state index contributed by atoms with van der Waals surface area (Å²) in [4.78, 5) is 31.8. The van der Waals surface area contributed by atoms with Crippen LogP contribution in [0.3, 0.4) is 0 Å². The maximum absolute atomic E-state index is 12.5. The Bertz CT molecular complexity index is 742. The van der Waals surface area contributed by atoms with E-state index in [0.717, 1.165) is 6.42 Å². The molecule has 0 aliphatic carbocycles. The van der Waals surface area contributed by atoms with Gasteiger partial charge in [0.05, 0.1) is 6.20 Å². The van der Waals surface area contributed by atoms with E-state index in [1.807, 2.05) is 44.2 Å². The summed E-state index contributed by atoms with van der Waals surface area (Å²) in [6.07, 6.45) is 2.15. The van der Waals surface area contributed by atoms with Gasteiger partial charge in [0.1, 0.15) is 0 Å². The van der Waals surface area contributed by atoms with Crippen molar-refractivity contribution in [1.82, 2.24) is 15.2 Å². The zero-order valence-electron chi connectivity index (χ0n) is 14.4. The number of benzene rings is 1. The fourth-order valence-electron chi connectivity index (χ4n) is 2.70. The first-order valence-electron chi connectivity index (χ1n) is 8.41. The molecule has 2 heterocycles. The highest BCUT2D eigenvalue weighted by Gasteiger charge is 2.32. The standard InChI is InChI=1S/C18H22N4O3/c1-13(2)20-16(23)15-12-19-17(25-15)22-11-10-21(18(22)24)9-8-14-6-4-3-5-7-14/h3-7,12-13H,8-11H2,1-2H3,(H,20,23). The molecule has 1 aromatic carbocycles. The molecule has 7 heteroatoms. The van der Waals surface area contributed by atoms with Gasteiger partial charge in [-0.1, -0.05) is 30.3 Å². The Balaban J connectivity index is 1.60. The van der Waals surface area contributed by atoms with Gasteiger partial charge in [-0.2, -0.15) is 0 Å². The number of amides is 3. The number of rotatable bonds is 6. The quantitative estimate of drug-likeness (QED) is 0.874. The topological polar surface area (TPSA) is 78.7 Å². The lowest BCUT2D eigenvalue weighted by Gasteiger charge is -2.16. The predicted molar refractivity (Wildman–Crippen MR) is 93.6 cm³/mol. The SMILES string of the molecule is CC(C)NC(=O)c1cnc(N2CCN(CCc3ccccc3)C2=O)o1. The van der Waals surface area contributed by atoms with Gasteiger partial charge in [-0.3, -0.25) is 4.79 Å². The molecule has 1 fully saturated rings. The molecular weight excluding hydrogens is 320 g/mol. The van der Waals surface area contributed by atoms with Crippen molar-refractivity contribution >= 4 is 18.0 Å². The van der Waals surface area contributed by atoms with E-state index in [0.29, 0.717) is 19.6 Å². The number of nitrogens with zero attached hydrogens (tertiary/aromatic N) is 3. The lowest BCUT2D eigenvalue weighted by Crippen LogP contribution is -2.33. The molecule has 1 aliphatic heterocycles. The second-order valence-corrected chi connectivity index (χ2v) is 6.29. The summed E-state index contributed by atoms with van der Waals surface area (Å²) in [5.41, 5.74) is 1.19. The van der Waals surface area contributed by atoms with E-state index in [1.54, 1.807) is 4.90 Å². The second-order valence-electron chi connectivity index (χ2n) is 6.29. The van der Waals surface area contributed by atoms with Crippen LogP contribution in [0.4, 0.5) is 10.8 Å². The van der Waals surface area contributed by atoms with Crippen molar-refractivity contribution in [2.75, 3.05) is 24.5 Å². The number of hydrogen-bond donors (Lipinski definition) is 1. The minimum absolute atomic E-state index is 0.00273. The molecule has 0 unspecified atom stereocenters. The van der Waals surface area contributed by atoms with Crippen LogP contribution in [0.15, 0.2) is 40.9 Å². The summed E-state index contributed by atoms with van der Waals surface area (Å²) in [5.74, 6) is -0.222. The van der Waals surface area contributed by atoms with Gasteiger partial charge in [0.25, 0.3) is 5.91 Å². The van der Waals surface area contributed by atoms with Gasteiger partial charge < -0.3 is 14.6 Å². The van der Waals surface area contributed by atoms with Crippen LogP contribution in [0.25, 0.3) is 0 Å². The van der Waals surface area contributed by atoms with Gasteiger partial charge in [-0.15, -0.1) is 0 Å². The first-order chi connectivity index (χ1) is 12.0. The highest BCUT2D eigenvalue weighted by molar-refractivity contribution is 5.94. The smallest absolute Gasteiger partial charge is 0.328 e. The molecule has 0 atom stereocenters. The molecule has 0 saturated carbocycles. The van der Waals surface area contributed by atoms with Gasteiger partial charge in [0, 0.05) is 25.7 Å². The van der Waals surface area contributed by atoms with E-state index in [1.165, 1.54) is 16.7 Å². The summed E-state index contributed by atoms with van der Waals surface area (Å²) in [7, 11) is 0. The number of hydrogen-bond acceptors (Lipinski definition) is 4. The van der Waals surface area contributed by atoms with Crippen LogP contribution >= 0.6 is 0 Å². The molecule has 1 aliphatic rings. The van der Waals surface area contributed by atoms with E-state index in [-0.39, 0.29) is 29.8 Å². The third kappa shape index (κ3) is 3.99. The van der Waals surface area contributed by atoms with Crippen molar-refractivity contribution < 1.29 is 14.0 Å². The zero-order valence-corrected chi connectivity index (χ0v) is 14.4. The van der Waals surface area contributed by atoms with Crippen LogP contribution in [-0.4, -0.2) is 47.5 Å². The van der Waals surface area contributed by atoms with Crippen LogP contribution in [0.1, 0.15) is 30.0 Å². The number of oxazole rings is 1. The van der Waals surface area contributed by atoms with Crippen LogP contribution in [0.5, 0.6) is 0 Å². The van der Waals surface area contributed by atoms with Crippen molar-refractivity contribution in [2.45, 2.75) is 26.3 Å². The second kappa shape index (κ2) is 7.38. The lowest BCUT2D eigenvalue weighted by atomic mass is 10.1. The Morgan fingerprint density at radius 2 is 2.04 bits per heavy atom. The van der Waals surface area contributed by atoms with Gasteiger partial charge in [-0.25, -0.2) is 14.7 Å². The summed E-state index contributed by atoms with van der Waals surface area (Å²) >= 11 is 0. The Kier molecular flexibility index (Phi) is 5.02. The Labute approximate surface area is 146 Å². The zero-order chi connectivity index (χ0) is 17.8. The monoisotopic (exact) mass is 342 g/mol. The van der Waals surface area contributed by atoms with E-state index in [9.17, 15) is 9.59 Å². The molecule has 132 valence electrons. The van der Waals surface area contributed by atoms with Crippen molar-refractivity contribution in [2.24, 2.45) is 0 Å². The molecule has 3 amide bonds. The van der Waals surface area contributed by atoms with Crippen molar-refractivity contribution in [3.05, 3.63) is 47.9 Å². The Hall–Kier alpha value is -2.83. The van der Waals surface area contributed by atoms with E-state index in [4.69, 9.17) is 4.42 Å². The molecule has 0 spiro atoms. The molecule has 1 N–H and O–H groups in total. The summed E-state index contributed by atoms with van der Waals surface area (Å²) in [6.45, 7) is 5.48. The molecular formula is C18H22N4O3. The largest absolute Gasteiger partial charge is 0.418 e. The molecule has 0 bridgehead atoms. The van der Waals surface area contributed by atoms with Gasteiger partial charge in [-0.05, 0) is 25.8 Å². The van der Waals surface area contributed by atoms with Gasteiger partial charge in [0.15, 0.2) is 0 Å². The highest BCUT2D eigenvalue weighted by atomic mass is 16.4. The minimum atomic E-state index is -0.332. The predicted octanol–water partition coefficient (Wildman–Crippen LogP) is 2.30. The number of aromatic nitrogens is 1. The van der Waals surface area contributed by atoms with E-state index in [2.05, 4.69) is 10.3 Å². The minimum Gasteiger partial charge on any atom is -0.418 e. The lowest BCUT2D eigenvalue weighted by molar-refractivity contribution is 0.0915. The number of carbonyl (C=O) groups excluding carboxylic acids is 2. The van der Waals surface area contributed by atoms with Crippen molar-refractivity contribution in [3.63, 3.8) is 0 Å². The van der Waals surface area contributed by atoms with Gasteiger partial charge in [0.2, 0.25) is 5.76 Å². The number of anilines is 1. The van der Waals surface area contributed by atoms with E-state index < -0.39 is 0 Å². The van der Waals surface area contributed by atoms with Crippen LogP contribution < -0.4 is 10.2 Å². The van der Waals surface area contributed by atoms with Crippen molar-refractivity contribution in [1.29, 1.82) is 0 Å². The fraction of sp³-hybridized carbons (Fsp3) is 0.389. The highest BCUT2D eigenvalue weighted by Crippen LogP contribution is 2.20. The summed E-state index contributed by atoms with van der Waals surface area (Å²) in [6, 6.07) is 10.1. The maximum Gasteiger partial charge on any atom is 0.328 e. The van der Waals surface area contributed by atoms with Crippen LogP contribution in [0.2, 0.25) is 0 Å². The third-order valence-corrected chi connectivity index (χ3v) is 3.98. The molecule has 0 radical (unpaired) electrons. The average Bonchev–Trinajstić information content (AvgIpc) is 3.20.